The molecule has 1 aromatic heterocycles. The highest BCUT2D eigenvalue weighted by Crippen LogP contribution is 2.38. The van der Waals surface area contributed by atoms with Crippen molar-refractivity contribution in [1.82, 2.24) is 9.97 Å². The summed E-state index contributed by atoms with van der Waals surface area (Å²) in [6, 6.07) is 10.7. The van der Waals surface area contributed by atoms with Gasteiger partial charge in [-0.05, 0) is 42.2 Å². The van der Waals surface area contributed by atoms with Gasteiger partial charge in [0.15, 0.2) is 0 Å². The monoisotopic (exact) mass is 400 g/mol. The third kappa shape index (κ3) is 3.31. The molecule has 0 unspecified atom stereocenters. The second kappa shape index (κ2) is 7.30. The van der Waals surface area contributed by atoms with Crippen molar-refractivity contribution in [1.29, 1.82) is 5.26 Å². The van der Waals surface area contributed by atoms with Crippen molar-refractivity contribution in [3.8, 4) is 17.2 Å². The number of rotatable bonds is 2. The predicted molar refractivity (Wildman–Crippen MR) is 106 cm³/mol. The fraction of sp³-hybridized carbons (Fsp3) is 0.250. The Morgan fingerprint density at radius 2 is 2.00 bits per heavy atom. The molecule has 27 heavy (non-hydrogen) atoms. The Bertz CT molecular complexity index is 1060. The summed E-state index contributed by atoms with van der Waals surface area (Å²) in [7, 11) is 0. The van der Waals surface area contributed by atoms with Gasteiger partial charge in [0.05, 0.1) is 27.4 Å². The number of hydrogen-bond acceptors (Lipinski definition) is 4. The molecule has 0 spiro atoms. The van der Waals surface area contributed by atoms with Crippen LogP contribution in [0.5, 0.6) is 0 Å². The summed E-state index contributed by atoms with van der Waals surface area (Å²) in [6.45, 7) is 1.33. The summed E-state index contributed by atoms with van der Waals surface area (Å²) in [5.41, 5.74) is 1.83. The quantitative estimate of drug-likeness (QED) is 0.571. The summed E-state index contributed by atoms with van der Waals surface area (Å²) in [6.07, 6.45) is 3.13. The lowest BCUT2D eigenvalue weighted by Gasteiger charge is -2.31. The summed E-state index contributed by atoms with van der Waals surface area (Å²) in [4.78, 5) is 10.7. The second-order valence-corrected chi connectivity index (χ2v) is 7.37. The van der Waals surface area contributed by atoms with Gasteiger partial charge in [0.1, 0.15) is 23.5 Å². The van der Waals surface area contributed by atoms with Gasteiger partial charge >= 0.3 is 0 Å². The molecule has 1 aliphatic rings. The van der Waals surface area contributed by atoms with E-state index in [0.29, 0.717) is 27.8 Å². The van der Waals surface area contributed by atoms with Crippen LogP contribution in [0.3, 0.4) is 0 Å². The molecule has 4 rings (SSSR count). The number of nitrogens with zero attached hydrogens (tertiary/aromatic N) is 4. The molecule has 2 aromatic carbocycles. The van der Waals surface area contributed by atoms with Crippen molar-refractivity contribution in [2.45, 2.75) is 12.8 Å². The van der Waals surface area contributed by atoms with Crippen LogP contribution in [0, 0.1) is 23.1 Å². The first-order valence-electron chi connectivity index (χ1n) is 8.61. The molecule has 0 radical (unpaired) electrons. The molecule has 1 atom stereocenters. The maximum Gasteiger partial charge on any atom is 0.149 e. The first-order chi connectivity index (χ1) is 13.1. The Labute approximate surface area is 166 Å². The van der Waals surface area contributed by atoms with Gasteiger partial charge < -0.3 is 4.90 Å². The van der Waals surface area contributed by atoms with Crippen LogP contribution >= 0.6 is 23.2 Å². The largest absolute Gasteiger partial charge is 0.355 e. The number of hydrogen-bond donors (Lipinski definition) is 0. The van der Waals surface area contributed by atoms with E-state index in [-0.39, 0.29) is 11.4 Å². The molecule has 1 aliphatic heterocycles. The number of nitriles is 1. The number of fused-ring (bicyclic) bond motifs is 1. The third-order valence-corrected chi connectivity index (χ3v) is 5.59. The van der Waals surface area contributed by atoms with Crippen LogP contribution in [-0.4, -0.2) is 23.1 Å². The van der Waals surface area contributed by atoms with Crippen LogP contribution in [0.2, 0.25) is 10.0 Å². The molecular formula is C20H15Cl2FN4. The normalized spacial score (nSPS) is 17.1. The molecule has 3 aromatic rings. The zero-order valence-corrected chi connectivity index (χ0v) is 15.8. The van der Waals surface area contributed by atoms with Crippen LogP contribution in [0.25, 0.3) is 22.0 Å². The average Bonchev–Trinajstić information content (AvgIpc) is 2.70. The summed E-state index contributed by atoms with van der Waals surface area (Å²) in [5.74, 6) is 0.164. The molecule has 7 heteroatoms. The number of anilines is 1. The SMILES string of the molecule is N#C[C@@H]1CCCN(c2ncnc3c(F)ccc(-c4ccc(Cl)c(Cl)c4)c23)C1. The van der Waals surface area contributed by atoms with E-state index in [4.69, 9.17) is 23.2 Å². The Balaban J connectivity index is 1.94. The van der Waals surface area contributed by atoms with Crippen LogP contribution in [0.1, 0.15) is 12.8 Å². The van der Waals surface area contributed by atoms with Gasteiger partial charge in [-0.15, -0.1) is 0 Å². The third-order valence-electron chi connectivity index (χ3n) is 4.85. The maximum absolute atomic E-state index is 14.5. The zero-order chi connectivity index (χ0) is 19.0. The van der Waals surface area contributed by atoms with Gasteiger partial charge in [-0.25, -0.2) is 14.4 Å². The minimum Gasteiger partial charge on any atom is -0.355 e. The summed E-state index contributed by atoms with van der Waals surface area (Å²) < 4.78 is 14.5. The Hall–Kier alpha value is -2.42. The van der Waals surface area contributed by atoms with E-state index in [1.165, 1.54) is 12.4 Å². The Morgan fingerprint density at radius 3 is 2.78 bits per heavy atom. The fourth-order valence-electron chi connectivity index (χ4n) is 3.54. The smallest absolute Gasteiger partial charge is 0.149 e. The number of piperidine rings is 1. The van der Waals surface area contributed by atoms with E-state index >= 15 is 0 Å². The number of halogens is 3. The molecule has 0 saturated carbocycles. The molecule has 4 nitrogen and oxygen atoms in total. The molecule has 0 bridgehead atoms. The average molecular weight is 401 g/mol. The van der Waals surface area contributed by atoms with Crippen molar-refractivity contribution < 1.29 is 4.39 Å². The lowest BCUT2D eigenvalue weighted by molar-refractivity contribution is 0.491. The molecule has 1 fully saturated rings. The minimum absolute atomic E-state index is 0.0641. The number of aromatic nitrogens is 2. The van der Waals surface area contributed by atoms with Gasteiger partial charge in [-0.2, -0.15) is 5.26 Å². The van der Waals surface area contributed by atoms with E-state index in [1.54, 1.807) is 18.2 Å². The summed E-state index contributed by atoms with van der Waals surface area (Å²) in [5, 5.41) is 10.8. The fourth-order valence-corrected chi connectivity index (χ4v) is 3.84. The first-order valence-corrected chi connectivity index (χ1v) is 9.37. The lowest BCUT2D eigenvalue weighted by atomic mass is 9.97. The molecule has 0 amide bonds. The second-order valence-electron chi connectivity index (χ2n) is 6.56. The Morgan fingerprint density at radius 1 is 1.15 bits per heavy atom. The number of benzene rings is 2. The topological polar surface area (TPSA) is 52.8 Å². The van der Waals surface area contributed by atoms with Crippen molar-refractivity contribution >= 4 is 39.9 Å². The van der Waals surface area contributed by atoms with E-state index in [1.807, 2.05) is 11.0 Å². The van der Waals surface area contributed by atoms with Crippen molar-refractivity contribution in [3.63, 3.8) is 0 Å². The first kappa shape index (κ1) is 18.0. The molecular weight excluding hydrogens is 386 g/mol. The van der Waals surface area contributed by atoms with Gasteiger partial charge in [-0.1, -0.05) is 35.3 Å². The van der Waals surface area contributed by atoms with Crippen LogP contribution in [-0.2, 0) is 0 Å². The van der Waals surface area contributed by atoms with Crippen molar-refractivity contribution in [2.24, 2.45) is 5.92 Å². The zero-order valence-electron chi connectivity index (χ0n) is 14.3. The van der Waals surface area contributed by atoms with E-state index in [0.717, 1.165) is 30.5 Å². The highest BCUT2D eigenvalue weighted by atomic mass is 35.5. The maximum atomic E-state index is 14.5. The molecule has 136 valence electrons. The van der Waals surface area contributed by atoms with Gasteiger partial charge in [0.25, 0.3) is 0 Å². The van der Waals surface area contributed by atoms with Gasteiger partial charge in [-0.3, -0.25) is 0 Å². The van der Waals surface area contributed by atoms with Crippen LogP contribution in [0.15, 0.2) is 36.7 Å². The molecule has 0 N–H and O–H groups in total. The molecule has 1 saturated heterocycles. The predicted octanol–water partition coefficient (Wildman–Crippen LogP) is 5.48. The van der Waals surface area contributed by atoms with Gasteiger partial charge in [0.2, 0.25) is 0 Å². The highest BCUT2D eigenvalue weighted by Gasteiger charge is 2.24. The van der Waals surface area contributed by atoms with Crippen LogP contribution < -0.4 is 4.90 Å². The summed E-state index contributed by atoms with van der Waals surface area (Å²) >= 11 is 12.2. The van der Waals surface area contributed by atoms with Crippen molar-refractivity contribution in [2.75, 3.05) is 18.0 Å². The van der Waals surface area contributed by atoms with Crippen molar-refractivity contribution in [3.05, 3.63) is 52.5 Å². The van der Waals surface area contributed by atoms with E-state index in [2.05, 4.69) is 16.0 Å². The lowest BCUT2D eigenvalue weighted by Crippen LogP contribution is -2.35. The van der Waals surface area contributed by atoms with E-state index < -0.39 is 5.82 Å². The molecule has 2 heterocycles. The minimum atomic E-state index is -0.411. The van der Waals surface area contributed by atoms with Crippen LogP contribution in [0.4, 0.5) is 10.2 Å². The highest BCUT2D eigenvalue weighted by molar-refractivity contribution is 6.42. The Kier molecular flexibility index (Phi) is 4.86. The van der Waals surface area contributed by atoms with E-state index in [9.17, 15) is 9.65 Å². The standard InChI is InChI=1S/C20H15Cl2FN4/c21-15-5-3-13(8-16(15)22)14-4-6-17(23)19-18(14)20(26-11-25-19)27-7-1-2-12(9-24)10-27/h3-6,8,11-12H,1-2,7,10H2/t12-/m0/s1. The molecule has 0 aliphatic carbocycles. The van der Waals surface area contributed by atoms with Gasteiger partial charge in [0, 0.05) is 13.1 Å².